The zero-order chi connectivity index (χ0) is 11.7. The summed E-state index contributed by atoms with van der Waals surface area (Å²) in [7, 11) is 0. The van der Waals surface area contributed by atoms with Gasteiger partial charge in [-0.25, -0.2) is 4.39 Å². The Morgan fingerprint density at radius 3 is 2.25 bits per heavy atom. The van der Waals surface area contributed by atoms with Crippen molar-refractivity contribution in [3.63, 3.8) is 0 Å². The van der Waals surface area contributed by atoms with Gasteiger partial charge in [-0.3, -0.25) is 0 Å². The van der Waals surface area contributed by atoms with Gasteiger partial charge in [0.15, 0.2) is 5.82 Å². The number of benzene rings is 1. The first kappa shape index (κ1) is 10.3. The minimum atomic E-state index is -0.309. The minimum absolute atomic E-state index is 0.0474. The van der Waals surface area contributed by atoms with E-state index in [2.05, 4.69) is 15.0 Å². The van der Waals surface area contributed by atoms with Crippen LogP contribution in [0.25, 0.3) is 11.4 Å². The SMILES string of the molecule is Cc1cc(F)ccc1-c1nc(N)nc(N)n1. The van der Waals surface area contributed by atoms with Crippen LogP contribution in [0.2, 0.25) is 0 Å². The highest BCUT2D eigenvalue weighted by atomic mass is 19.1. The fourth-order valence-corrected chi connectivity index (χ4v) is 1.41. The van der Waals surface area contributed by atoms with E-state index in [9.17, 15) is 4.39 Å². The quantitative estimate of drug-likeness (QED) is 0.750. The van der Waals surface area contributed by atoms with Crippen LogP contribution in [0, 0.1) is 12.7 Å². The van der Waals surface area contributed by atoms with Crippen molar-refractivity contribution in [2.24, 2.45) is 0 Å². The first-order valence-electron chi connectivity index (χ1n) is 4.60. The molecule has 4 N–H and O–H groups in total. The number of hydrogen-bond donors (Lipinski definition) is 2. The van der Waals surface area contributed by atoms with Crippen molar-refractivity contribution >= 4 is 11.9 Å². The molecule has 0 saturated heterocycles. The summed E-state index contributed by atoms with van der Waals surface area (Å²) in [5.74, 6) is 0.135. The summed E-state index contributed by atoms with van der Waals surface area (Å²) < 4.78 is 12.9. The van der Waals surface area contributed by atoms with E-state index in [1.807, 2.05) is 0 Å². The minimum Gasteiger partial charge on any atom is -0.368 e. The highest BCUT2D eigenvalue weighted by Crippen LogP contribution is 2.21. The predicted molar refractivity (Wildman–Crippen MR) is 58.8 cm³/mol. The number of anilines is 2. The molecule has 1 heterocycles. The largest absolute Gasteiger partial charge is 0.368 e. The van der Waals surface area contributed by atoms with E-state index in [-0.39, 0.29) is 17.7 Å². The lowest BCUT2D eigenvalue weighted by Crippen LogP contribution is -2.04. The average molecular weight is 219 g/mol. The van der Waals surface area contributed by atoms with Crippen LogP contribution < -0.4 is 11.5 Å². The van der Waals surface area contributed by atoms with Gasteiger partial charge in [0.1, 0.15) is 5.82 Å². The van der Waals surface area contributed by atoms with Crippen molar-refractivity contribution in [2.45, 2.75) is 6.92 Å². The Morgan fingerprint density at radius 1 is 1.06 bits per heavy atom. The van der Waals surface area contributed by atoms with Gasteiger partial charge in [0.25, 0.3) is 0 Å². The van der Waals surface area contributed by atoms with Gasteiger partial charge < -0.3 is 11.5 Å². The molecule has 16 heavy (non-hydrogen) atoms. The first-order valence-corrected chi connectivity index (χ1v) is 4.60. The monoisotopic (exact) mass is 219 g/mol. The van der Waals surface area contributed by atoms with Crippen LogP contribution in [0.5, 0.6) is 0 Å². The van der Waals surface area contributed by atoms with E-state index >= 15 is 0 Å². The van der Waals surface area contributed by atoms with E-state index < -0.39 is 0 Å². The van der Waals surface area contributed by atoms with Gasteiger partial charge in [0.05, 0.1) is 0 Å². The molecule has 0 atom stereocenters. The summed E-state index contributed by atoms with van der Waals surface area (Å²) in [5.41, 5.74) is 12.3. The predicted octanol–water partition coefficient (Wildman–Crippen LogP) is 1.15. The Kier molecular flexibility index (Phi) is 2.40. The van der Waals surface area contributed by atoms with Crippen LogP contribution in [-0.2, 0) is 0 Å². The molecule has 0 spiro atoms. The molecule has 2 aromatic rings. The normalized spacial score (nSPS) is 10.4. The maximum absolute atomic E-state index is 12.9. The molecule has 5 nitrogen and oxygen atoms in total. The van der Waals surface area contributed by atoms with Crippen LogP contribution in [0.4, 0.5) is 16.3 Å². The number of aromatic nitrogens is 3. The van der Waals surface area contributed by atoms with Gasteiger partial charge >= 0.3 is 0 Å². The van der Waals surface area contributed by atoms with Crippen molar-refractivity contribution in [1.29, 1.82) is 0 Å². The molecule has 2 rings (SSSR count). The molecule has 0 aliphatic heterocycles. The highest BCUT2D eigenvalue weighted by molar-refractivity contribution is 5.61. The fourth-order valence-electron chi connectivity index (χ4n) is 1.41. The molecule has 0 radical (unpaired) electrons. The molecule has 0 bridgehead atoms. The molecule has 0 amide bonds. The second-order valence-corrected chi connectivity index (χ2v) is 3.33. The Balaban J connectivity index is 2.58. The van der Waals surface area contributed by atoms with Gasteiger partial charge in [-0.05, 0) is 30.7 Å². The molecule has 82 valence electrons. The summed E-state index contributed by atoms with van der Waals surface area (Å²) in [6.07, 6.45) is 0. The van der Waals surface area contributed by atoms with Crippen LogP contribution >= 0.6 is 0 Å². The molecule has 0 saturated carbocycles. The molecule has 0 aliphatic rings. The van der Waals surface area contributed by atoms with Crippen molar-refractivity contribution in [3.8, 4) is 11.4 Å². The van der Waals surface area contributed by atoms with Crippen molar-refractivity contribution < 1.29 is 4.39 Å². The number of aryl methyl sites for hydroxylation is 1. The number of rotatable bonds is 1. The van der Waals surface area contributed by atoms with E-state index in [1.54, 1.807) is 13.0 Å². The molecule has 0 aliphatic carbocycles. The topological polar surface area (TPSA) is 90.7 Å². The third kappa shape index (κ3) is 1.90. The van der Waals surface area contributed by atoms with E-state index in [1.165, 1.54) is 12.1 Å². The van der Waals surface area contributed by atoms with Crippen molar-refractivity contribution in [2.75, 3.05) is 11.5 Å². The maximum atomic E-state index is 12.9. The summed E-state index contributed by atoms with van der Waals surface area (Å²) in [4.78, 5) is 11.6. The van der Waals surface area contributed by atoms with Crippen LogP contribution in [0.1, 0.15) is 5.56 Å². The zero-order valence-electron chi connectivity index (χ0n) is 8.61. The molecule has 1 aromatic heterocycles. The summed E-state index contributed by atoms with van der Waals surface area (Å²) in [5, 5.41) is 0. The van der Waals surface area contributed by atoms with E-state index in [0.29, 0.717) is 17.0 Å². The molecule has 6 heteroatoms. The second-order valence-electron chi connectivity index (χ2n) is 3.33. The molecule has 1 aromatic carbocycles. The molecule has 0 unspecified atom stereocenters. The molecule has 0 fully saturated rings. The van der Waals surface area contributed by atoms with Crippen LogP contribution in [0.3, 0.4) is 0 Å². The standard InChI is InChI=1S/C10H10FN5/c1-5-4-6(11)2-3-7(5)8-14-9(12)16-10(13)15-8/h2-4H,1H3,(H4,12,13,14,15,16). The lowest BCUT2D eigenvalue weighted by Gasteiger charge is -2.05. The molecular weight excluding hydrogens is 209 g/mol. The Bertz CT molecular complexity index is 520. The highest BCUT2D eigenvalue weighted by Gasteiger charge is 2.08. The number of hydrogen-bond acceptors (Lipinski definition) is 5. The van der Waals surface area contributed by atoms with E-state index in [0.717, 1.165) is 0 Å². The smallest absolute Gasteiger partial charge is 0.225 e. The van der Waals surface area contributed by atoms with Crippen LogP contribution in [-0.4, -0.2) is 15.0 Å². The van der Waals surface area contributed by atoms with E-state index in [4.69, 9.17) is 11.5 Å². The number of nitrogen functional groups attached to an aromatic ring is 2. The summed E-state index contributed by atoms with van der Waals surface area (Å²) in [6.45, 7) is 1.76. The van der Waals surface area contributed by atoms with Crippen molar-refractivity contribution in [1.82, 2.24) is 15.0 Å². The fraction of sp³-hybridized carbons (Fsp3) is 0.100. The Labute approximate surface area is 91.4 Å². The average Bonchev–Trinajstić information content (AvgIpc) is 2.15. The van der Waals surface area contributed by atoms with Gasteiger partial charge in [0.2, 0.25) is 11.9 Å². The number of halogens is 1. The number of nitrogens with two attached hydrogens (primary N) is 2. The van der Waals surface area contributed by atoms with Gasteiger partial charge in [-0.1, -0.05) is 0 Å². The van der Waals surface area contributed by atoms with Gasteiger partial charge in [-0.15, -0.1) is 0 Å². The Morgan fingerprint density at radius 2 is 1.69 bits per heavy atom. The van der Waals surface area contributed by atoms with Crippen molar-refractivity contribution in [3.05, 3.63) is 29.6 Å². The third-order valence-corrected chi connectivity index (χ3v) is 2.10. The Hall–Kier alpha value is -2.24. The zero-order valence-corrected chi connectivity index (χ0v) is 8.61. The lowest BCUT2D eigenvalue weighted by atomic mass is 10.1. The van der Waals surface area contributed by atoms with Crippen LogP contribution in [0.15, 0.2) is 18.2 Å². The lowest BCUT2D eigenvalue weighted by molar-refractivity contribution is 0.627. The maximum Gasteiger partial charge on any atom is 0.225 e. The van der Waals surface area contributed by atoms with Gasteiger partial charge in [0, 0.05) is 5.56 Å². The summed E-state index contributed by atoms with van der Waals surface area (Å²) in [6, 6.07) is 4.31. The first-order chi connectivity index (χ1) is 7.56. The molecular formula is C10H10FN5. The third-order valence-electron chi connectivity index (χ3n) is 2.10. The van der Waals surface area contributed by atoms with Gasteiger partial charge in [-0.2, -0.15) is 15.0 Å². The number of nitrogens with zero attached hydrogens (tertiary/aromatic N) is 3. The second kappa shape index (κ2) is 3.73. The summed E-state index contributed by atoms with van der Waals surface area (Å²) >= 11 is 0.